The Hall–Kier alpha value is -1.94. The molecule has 1 N–H and O–H groups in total. The monoisotopic (exact) mass is 396 g/mol. The van der Waals surface area contributed by atoms with Crippen molar-refractivity contribution < 1.29 is 21.6 Å². The van der Waals surface area contributed by atoms with Gasteiger partial charge in [0.25, 0.3) is 10.0 Å². The largest absolute Gasteiger partial charge is 0.379 e. The zero-order valence-electron chi connectivity index (χ0n) is 14.3. The van der Waals surface area contributed by atoms with Crippen molar-refractivity contribution in [2.75, 3.05) is 31.0 Å². The highest BCUT2D eigenvalue weighted by Gasteiger charge is 2.28. The van der Waals surface area contributed by atoms with Gasteiger partial charge in [0.05, 0.1) is 28.7 Å². The van der Waals surface area contributed by atoms with Gasteiger partial charge >= 0.3 is 0 Å². The van der Waals surface area contributed by atoms with Crippen LogP contribution in [-0.4, -0.2) is 47.4 Å². The predicted octanol–water partition coefficient (Wildman–Crippen LogP) is 1.82. The second-order valence-electron chi connectivity index (χ2n) is 5.92. The zero-order valence-corrected chi connectivity index (χ0v) is 15.9. The zero-order chi connectivity index (χ0) is 18.8. The fraction of sp³-hybridized carbons (Fsp3) is 0.294. The summed E-state index contributed by atoms with van der Waals surface area (Å²) in [6.07, 6.45) is 0. The average molecular weight is 396 g/mol. The Morgan fingerprint density at radius 3 is 2.27 bits per heavy atom. The van der Waals surface area contributed by atoms with E-state index in [1.54, 1.807) is 37.3 Å². The van der Waals surface area contributed by atoms with E-state index in [0.29, 0.717) is 18.8 Å². The van der Waals surface area contributed by atoms with E-state index in [1.807, 2.05) is 0 Å². The van der Waals surface area contributed by atoms with Gasteiger partial charge in [-0.2, -0.15) is 4.31 Å². The fourth-order valence-electron chi connectivity index (χ4n) is 2.68. The highest BCUT2D eigenvalue weighted by Crippen LogP contribution is 2.25. The molecule has 0 bridgehead atoms. The molecule has 2 aromatic carbocycles. The van der Waals surface area contributed by atoms with E-state index < -0.39 is 20.0 Å². The standard InChI is InChI=1S/C17H20N2O5S2/c1-14-7-8-15(18-25(20,21)16-5-3-2-4-6-16)13-17(14)26(22,23)19-9-11-24-12-10-19/h2-8,13,18H,9-12H2,1H3. The molecule has 0 saturated carbocycles. The Labute approximate surface area is 153 Å². The van der Waals surface area contributed by atoms with Crippen LogP contribution in [0.5, 0.6) is 0 Å². The molecule has 9 heteroatoms. The van der Waals surface area contributed by atoms with Crippen LogP contribution in [0.4, 0.5) is 5.69 Å². The number of hydrogen-bond acceptors (Lipinski definition) is 5. The number of anilines is 1. The molecule has 7 nitrogen and oxygen atoms in total. The highest BCUT2D eigenvalue weighted by atomic mass is 32.2. The Morgan fingerprint density at radius 1 is 0.962 bits per heavy atom. The predicted molar refractivity (Wildman–Crippen MR) is 98.0 cm³/mol. The third-order valence-electron chi connectivity index (χ3n) is 4.08. The van der Waals surface area contributed by atoms with Crippen molar-refractivity contribution in [3.8, 4) is 0 Å². The molecule has 140 valence electrons. The first-order valence-electron chi connectivity index (χ1n) is 8.07. The molecule has 3 rings (SSSR count). The molecular weight excluding hydrogens is 376 g/mol. The molecule has 1 aliphatic heterocycles. The molecule has 0 aliphatic carbocycles. The molecule has 0 aromatic heterocycles. The molecule has 0 radical (unpaired) electrons. The highest BCUT2D eigenvalue weighted by molar-refractivity contribution is 7.92. The van der Waals surface area contributed by atoms with Crippen LogP contribution < -0.4 is 4.72 Å². The smallest absolute Gasteiger partial charge is 0.261 e. The van der Waals surface area contributed by atoms with Crippen LogP contribution in [0, 0.1) is 6.92 Å². The summed E-state index contributed by atoms with van der Waals surface area (Å²) >= 11 is 0. The number of aryl methyl sites for hydroxylation is 1. The summed E-state index contributed by atoms with van der Waals surface area (Å²) in [7, 11) is -7.51. The van der Waals surface area contributed by atoms with Crippen molar-refractivity contribution in [2.24, 2.45) is 0 Å². The van der Waals surface area contributed by atoms with Gasteiger partial charge in [0.15, 0.2) is 0 Å². The lowest BCUT2D eigenvalue weighted by molar-refractivity contribution is 0.0730. The van der Waals surface area contributed by atoms with Crippen LogP contribution in [0.25, 0.3) is 0 Å². The summed E-state index contributed by atoms with van der Waals surface area (Å²) in [5, 5.41) is 0. The normalized spacial score (nSPS) is 16.3. The van der Waals surface area contributed by atoms with Crippen LogP contribution >= 0.6 is 0 Å². The summed E-state index contributed by atoms with van der Waals surface area (Å²) in [6.45, 7) is 2.93. The van der Waals surface area contributed by atoms with Crippen LogP contribution in [0.15, 0.2) is 58.3 Å². The van der Waals surface area contributed by atoms with Crippen molar-refractivity contribution in [3.63, 3.8) is 0 Å². The van der Waals surface area contributed by atoms with E-state index in [-0.39, 0.29) is 28.6 Å². The molecule has 1 fully saturated rings. The summed E-state index contributed by atoms with van der Waals surface area (Å²) in [6, 6.07) is 12.4. The maximum atomic E-state index is 12.9. The molecule has 0 amide bonds. The number of benzene rings is 2. The second-order valence-corrected chi connectivity index (χ2v) is 9.50. The summed E-state index contributed by atoms with van der Waals surface area (Å²) in [5.41, 5.74) is 0.755. The van der Waals surface area contributed by atoms with Crippen molar-refractivity contribution in [3.05, 3.63) is 54.1 Å². The number of rotatable bonds is 5. The third-order valence-corrected chi connectivity index (χ3v) is 7.52. The van der Waals surface area contributed by atoms with Gasteiger partial charge in [-0.25, -0.2) is 16.8 Å². The molecule has 1 heterocycles. The van der Waals surface area contributed by atoms with E-state index in [2.05, 4.69) is 4.72 Å². The van der Waals surface area contributed by atoms with E-state index in [4.69, 9.17) is 4.74 Å². The van der Waals surface area contributed by atoms with Gasteiger partial charge in [-0.15, -0.1) is 0 Å². The van der Waals surface area contributed by atoms with Crippen LogP contribution in [0.3, 0.4) is 0 Å². The Bertz CT molecular complexity index is 983. The number of nitrogens with one attached hydrogen (secondary N) is 1. The first kappa shape index (κ1) is 18.8. The molecular formula is C17H20N2O5S2. The number of hydrogen-bond donors (Lipinski definition) is 1. The minimum absolute atomic E-state index is 0.0904. The molecule has 2 aromatic rings. The van der Waals surface area contributed by atoms with Crippen molar-refractivity contribution in [1.29, 1.82) is 0 Å². The summed E-state index contributed by atoms with van der Waals surface area (Å²) < 4.78 is 59.7. The van der Waals surface area contributed by atoms with Gasteiger partial charge in [0.1, 0.15) is 0 Å². The lowest BCUT2D eigenvalue weighted by atomic mass is 10.2. The van der Waals surface area contributed by atoms with Gasteiger partial charge < -0.3 is 4.74 Å². The molecule has 1 saturated heterocycles. The van der Waals surface area contributed by atoms with Gasteiger partial charge in [-0.1, -0.05) is 24.3 Å². The molecule has 0 atom stereocenters. The quantitative estimate of drug-likeness (QED) is 0.832. The SMILES string of the molecule is Cc1ccc(NS(=O)(=O)c2ccccc2)cc1S(=O)(=O)N1CCOCC1. The topological polar surface area (TPSA) is 92.8 Å². The van der Waals surface area contributed by atoms with Gasteiger partial charge in [-0.05, 0) is 36.8 Å². The van der Waals surface area contributed by atoms with Gasteiger partial charge in [0, 0.05) is 13.1 Å². The molecule has 26 heavy (non-hydrogen) atoms. The number of morpholine rings is 1. The lowest BCUT2D eigenvalue weighted by Crippen LogP contribution is -2.40. The Morgan fingerprint density at radius 2 is 1.62 bits per heavy atom. The first-order valence-corrected chi connectivity index (χ1v) is 11.0. The number of ether oxygens (including phenoxy) is 1. The van der Waals surface area contributed by atoms with Crippen LogP contribution in [-0.2, 0) is 24.8 Å². The minimum Gasteiger partial charge on any atom is -0.379 e. The van der Waals surface area contributed by atoms with Crippen LogP contribution in [0.2, 0.25) is 0 Å². The fourth-order valence-corrected chi connectivity index (χ4v) is 5.41. The van der Waals surface area contributed by atoms with E-state index in [9.17, 15) is 16.8 Å². The van der Waals surface area contributed by atoms with E-state index in [1.165, 1.54) is 22.5 Å². The van der Waals surface area contributed by atoms with Gasteiger partial charge in [-0.3, -0.25) is 4.72 Å². The Kier molecular flexibility index (Phi) is 5.33. The number of sulfonamides is 2. The molecule has 1 aliphatic rings. The third kappa shape index (κ3) is 3.90. The summed E-state index contributed by atoms with van der Waals surface area (Å²) in [5.74, 6) is 0. The average Bonchev–Trinajstić information content (AvgIpc) is 2.64. The van der Waals surface area contributed by atoms with Gasteiger partial charge in [0.2, 0.25) is 10.0 Å². The van der Waals surface area contributed by atoms with E-state index >= 15 is 0 Å². The lowest BCUT2D eigenvalue weighted by Gasteiger charge is -2.26. The van der Waals surface area contributed by atoms with E-state index in [0.717, 1.165) is 0 Å². The maximum Gasteiger partial charge on any atom is 0.261 e. The molecule has 0 unspecified atom stereocenters. The maximum absolute atomic E-state index is 12.9. The first-order chi connectivity index (χ1) is 12.3. The Balaban J connectivity index is 1.93. The van der Waals surface area contributed by atoms with Crippen molar-refractivity contribution in [2.45, 2.75) is 16.7 Å². The summed E-state index contributed by atoms with van der Waals surface area (Å²) in [4.78, 5) is 0.200. The minimum atomic E-state index is -3.79. The molecule has 0 spiro atoms. The second kappa shape index (κ2) is 7.36. The van der Waals surface area contributed by atoms with Crippen molar-refractivity contribution >= 4 is 25.7 Å². The van der Waals surface area contributed by atoms with Crippen LogP contribution in [0.1, 0.15) is 5.56 Å². The van der Waals surface area contributed by atoms with Crippen molar-refractivity contribution in [1.82, 2.24) is 4.31 Å². The number of nitrogens with zero attached hydrogens (tertiary/aromatic N) is 1.